The van der Waals surface area contributed by atoms with E-state index in [1.54, 1.807) is 25.1 Å². The van der Waals surface area contributed by atoms with Gasteiger partial charge in [-0.05, 0) is 18.2 Å². The molecule has 0 fully saturated rings. The van der Waals surface area contributed by atoms with Gasteiger partial charge >= 0.3 is 0 Å². The van der Waals surface area contributed by atoms with Crippen LogP contribution in [0.5, 0.6) is 0 Å². The summed E-state index contributed by atoms with van der Waals surface area (Å²) in [5, 5.41) is 23.0. The van der Waals surface area contributed by atoms with Crippen molar-refractivity contribution in [3.05, 3.63) is 24.3 Å². The first kappa shape index (κ1) is 13.5. The molecule has 0 atom stereocenters. The number of nitrogens with one attached hydrogen (secondary N) is 2. The number of rotatable bonds is 5. The lowest BCUT2D eigenvalue weighted by Crippen LogP contribution is -2.12. The van der Waals surface area contributed by atoms with Crippen LogP contribution < -0.4 is 10.6 Å². The highest BCUT2D eigenvalue weighted by molar-refractivity contribution is 5.90. The van der Waals surface area contributed by atoms with E-state index in [2.05, 4.69) is 10.6 Å². The fourth-order valence-electron chi connectivity index (χ4n) is 1.30. The number of benzene rings is 1. The number of carbonyl (C=O) groups excluding carboxylic acids is 1. The van der Waals surface area contributed by atoms with Gasteiger partial charge in [-0.2, -0.15) is 10.5 Å². The smallest absolute Gasteiger partial charge is 0.224 e. The zero-order chi connectivity index (χ0) is 13.4. The summed E-state index contributed by atoms with van der Waals surface area (Å²) in [5.41, 5.74) is 1.46. The van der Waals surface area contributed by atoms with Crippen LogP contribution >= 0.6 is 0 Å². The SMILES string of the molecule is CCC(=O)Nc1cccc(NCC(C#N)C#N)c1. The standard InChI is InChI=1S/C13H14N4O/c1-2-13(18)17-12-5-3-4-11(6-12)16-9-10(7-14)8-15/h3-6,10,16H,2,9H2,1H3,(H,17,18). The Morgan fingerprint density at radius 2 is 2.00 bits per heavy atom. The van der Waals surface area contributed by atoms with E-state index in [4.69, 9.17) is 10.5 Å². The summed E-state index contributed by atoms with van der Waals surface area (Å²) in [6.45, 7) is 2.04. The van der Waals surface area contributed by atoms with Gasteiger partial charge < -0.3 is 10.6 Å². The minimum atomic E-state index is -0.682. The van der Waals surface area contributed by atoms with Crippen molar-refractivity contribution in [1.82, 2.24) is 0 Å². The van der Waals surface area contributed by atoms with E-state index < -0.39 is 5.92 Å². The van der Waals surface area contributed by atoms with E-state index in [9.17, 15) is 4.79 Å². The molecular formula is C13H14N4O. The van der Waals surface area contributed by atoms with Crippen molar-refractivity contribution < 1.29 is 4.79 Å². The first-order chi connectivity index (χ1) is 8.69. The second-order valence-corrected chi connectivity index (χ2v) is 3.67. The van der Waals surface area contributed by atoms with Crippen LogP contribution in [0.25, 0.3) is 0 Å². The first-order valence-corrected chi connectivity index (χ1v) is 5.62. The van der Waals surface area contributed by atoms with Gasteiger partial charge in [0.1, 0.15) is 5.92 Å². The molecule has 0 spiro atoms. The fourth-order valence-corrected chi connectivity index (χ4v) is 1.30. The largest absolute Gasteiger partial charge is 0.383 e. The molecule has 0 saturated carbocycles. The van der Waals surface area contributed by atoms with Crippen LogP contribution in [0.3, 0.4) is 0 Å². The first-order valence-electron chi connectivity index (χ1n) is 5.62. The van der Waals surface area contributed by atoms with Gasteiger partial charge in [-0.1, -0.05) is 13.0 Å². The molecule has 92 valence electrons. The normalized spacial score (nSPS) is 9.33. The van der Waals surface area contributed by atoms with Gasteiger partial charge in [0.2, 0.25) is 5.91 Å². The number of hydrogen-bond acceptors (Lipinski definition) is 4. The van der Waals surface area contributed by atoms with Crippen molar-refractivity contribution in [3.63, 3.8) is 0 Å². The van der Waals surface area contributed by atoms with Crippen molar-refractivity contribution in [2.75, 3.05) is 17.2 Å². The van der Waals surface area contributed by atoms with Crippen LogP contribution in [0, 0.1) is 28.6 Å². The minimum Gasteiger partial charge on any atom is -0.383 e. The van der Waals surface area contributed by atoms with Crippen molar-refractivity contribution in [2.24, 2.45) is 5.92 Å². The van der Waals surface area contributed by atoms with Gasteiger partial charge in [0, 0.05) is 24.3 Å². The molecule has 5 nitrogen and oxygen atoms in total. The molecule has 0 aromatic heterocycles. The molecule has 1 aromatic carbocycles. The highest BCUT2D eigenvalue weighted by atomic mass is 16.1. The zero-order valence-electron chi connectivity index (χ0n) is 10.1. The van der Waals surface area contributed by atoms with E-state index in [0.29, 0.717) is 12.1 Å². The Bertz CT molecular complexity index is 484. The molecule has 0 aliphatic rings. The third-order valence-electron chi connectivity index (χ3n) is 2.29. The number of nitrogens with zero attached hydrogens (tertiary/aromatic N) is 2. The van der Waals surface area contributed by atoms with Crippen LogP contribution in [0.2, 0.25) is 0 Å². The Morgan fingerprint density at radius 1 is 1.33 bits per heavy atom. The molecule has 1 amide bonds. The molecule has 1 aromatic rings. The Morgan fingerprint density at radius 3 is 2.61 bits per heavy atom. The number of hydrogen-bond donors (Lipinski definition) is 2. The molecule has 2 N–H and O–H groups in total. The van der Waals surface area contributed by atoms with Crippen LogP contribution in [0.1, 0.15) is 13.3 Å². The lowest BCUT2D eigenvalue weighted by molar-refractivity contribution is -0.115. The maximum atomic E-state index is 11.2. The molecule has 5 heteroatoms. The molecule has 0 unspecified atom stereocenters. The maximum absolute atomic E-state index is 11.2. The average molecular weight is 242 g/mol. The molecule has 0 radical (unpaired) electrons. The summed E-state index contributed by atoms with van der Waals surface area (Å²) >= 11 is 0. The Hall–Kier alpha value is -2.53. The number of amides is 1. The lowest BCUT2D eigenvalue weighted by Gasteiger charge is -2.09. The molecule has 0 aliphatic carbocycles. The van der Waals surface area contributed by atoms with Gasteiger partial charge in [0.05, 0.1) is 12.1 Å². The summed E-state index contributed by atoms with van der Waals surface area (Å²) in [5.74, 6) is -0.738. The van der Waals surface area contributed by atoms with Gasteiger partial charge in [-0.25, -0.2) is 0 Å². The van der Waals surface area contributed by atoms with Crippen molar-refractivity contribution in [3.8, 4) is 12.1 Å². The van der Waals surface area contributed by atoms with Gasteiger partial charge in [-0.15, -0.1) is 0 Å². The minimum absolute atomic E-state index is 0.0564. The lowest BCUT2D eigenvalue weighted by atomic mass is 10.2. The maximum Gasteiger partial charge on any atom is 0.224 e. The third kappa shape index (κ3) is 4.15. The van der Waals surface area contributed by atoms with Crippen LogP contribution in [0.15, 0.2) is 24.3 Å². The summed E-state index contributed by atoms with van der Waals surface area (Å²) < 4.78 is 0. The predicted octanol–water partition coefficient (Wildman–Crippen LogP) is 2.11. The highest BCUT2D eigenvalue weighted by Crippen LogP contribution is 2.15. The number of anilines is 2. The Labute approximate surface area is 106 Å². The second kappa shape index (κ2) is 6.93. The number of carbonyl (C=O) groups is 1. The van der Waals surface area contributed by atoms with E-state index in [-0.39, 0.29) is 12.5 Å². The molecule has 0 saturated heterocycles. The van der Waals surface area contributed by atoms with Crippen LogP contribution in [-0.4, -0.2) is 12.5 Å². The summed E-state index contributed by atoms with van der Waals surface area (Å²) in [6, 6.07) is 10.9. The molecule has 1 rings (SSSR count). The van der Waals surface area contributed by atoms with Crippen molar-refractivity contribution in [1.29, 1.82) is 10.5 Å². The van der Waals surface area contributed by atoms with E-state index in [0.717, 1.165) is 5.69 Å². The van der Waals surface area contributed by atoms with Gasteiger partial charge in [-0.3, -0.25) is 4.79 Å². The van der Waals surface area contributed by atoms with Crippen molar-refractivity contribution in [2.45, 2.75) is 13.3 Å². The Kier molecular flexibility index (Phi) is 5.21. The van der Waals surface area contributed by atoms with Gasteiger partial charge in [0.25, 0.3) is 0 Å². The van der Waals surface area contributed by atoms with Crippen molar-refractivity contribution >= 4 is 17.3 Å². The second-order valence-electron chi connectivity index (χ2n) is 3.67. The van der Waals surface area contributed by atoms with Gasteiger partial charge in [0.15, 0.2) is 0 Å². The molecule has 0 aliphatic heterocycles. The molecule has 18 heavy (non-hydrogen) atoms. The molecule has 0 heterocycles. The quantitative estimate of drug-likeness (QED) is 0.827. The summed E-state index contributed by atoms with van der Waals surface area (Å²) in [4.78, 5) is 11.2. The topological polar surface area (TPSA) is 88.7 Å². The summed E-state index contributed by atoms with van der Waals surface area (Å²) in [6.07, 6.45) is 0.419. The highest BCUT2D eigenvalue weighted by Gasteiger charge is 2.05. The monoisotopic (exact) mass is 242 g/mol. The average Bonchev–Trinajstić information content (AvgIpc) is 2.40. The van der Waals surface area contributed by atoms with E-state index >= 15 is 0 Å². The Balaban J connectivity index is 2.63. The predicted molar refractivity (Wildman–Crippen MR) is 68.6 cm³/mol. The van der Waals surface area contributed by atoms with Crippen LogP contribution in [-0.2, 0) is 4.79 Å². The van der Waals surface area contributed by atoms with E-state index in [1.807, 2.05) is 18.2 Å². The van der Waals surface area contributed by atoms with E-state index in [1.165, 1.54) is 0 Å². The fraction of sp³-hybridized carbons (Fsp3) is 0.308. The third-order valence-corrected chi connectivity index (χ3v) is 2.29. The van der Waals surface area contributed by atoms with Crippen LogP contribution in [0.4, 0.5) is 11.4 Å². The zero-order valence-corrected chi connectivity index (χ0v) is 10.1. The summed E-state index contributed by atoms with van der Waals surface area (Å²) in [7, 11) is 0. The molecule has 0 bridgehead atoms. The number of nitriles is 2. The molecular weight excluding hydrogens is 228 g/mol.